The van der Waals surface area contributed by atoms with Crippen LogP contribution in [0.3, 0.4) is 0 Å². The van der Waals surface area contributed by atoms with Gasteiger partial charge in [-0.25, -0.2) is 15.8 Å². The van der Waals surface area contributed by atoms with Crippen molar-refractivity contribution in [3.63, 3.8) is 0 Å². The van der Waals surface area contributed by atoms with Crippen LogP contribution in [0.1, 0.15) is 18.9 Å². The van der Waals surface area contributed by atoms with Gasteiger partial charge in [0.1, 0.15) is 18.0 Å². The lowest BCUT2D eigenvalue weighted by molar-refractivity contribution is -0.116. The maximum absolute atomic E-state index is 10.7. The first-order valence-electron chi connectivity index (χ1n) is 5.01. The summed E-state index contributed by atoms with van der Waals surface area (Å²) in [6, 6.07) is 0. The van der Waals surface area contributed by atoms with Gasteiger partial charge in [0, 0.05) is 5.56 Å². The highest BCUT2D eigenvalue weighted by atomic mass is 16.1. The molecule has 0 aromatic carbocycles. The molecule has 1 aromatic heterocycles. The van der Waals surface area contributed by atoms with Gasteiger partial charge in [0.2, 0.25) is 5.91 Å². The molecule has 0 fully saturated rings. The molecule has 0 aliphatic rings. The van der Waals surface area contributed by atoms with Crippen LogP contribution in [-0.4, -0.2) is 22.4 Å². The van der Waals surface area contributed by atoms with Crippen LogP contribution in [0.5, 0.6) is 0 Å². The van der Waals surface area contributed by atoms with Crippen molar-refractivity contribution in [3.8, 4) is 0 Å². The van der Waals surface area contributed by atoms with E-state index in [1.807, 2.05) is 6.92 Å². The van der Waals surface area contributed by atoms with Crippen molar-refractivity contribution < 1.29 is 4.79 Å². The van der Waals surface area contributed by atoms with Crippen molar-refractivity contribution in [1.82, 2.24) is 9.97 Å². The summed E-state index contributed by atoms with van der Waals surface area (Å²) >= 11 is 0. The standard InChI is InChI=1S/C9H16N6O/c1-2-3-6-8(12-4-7(10)16)13-5-14-9(6)15-11/h5H,2-4,11H2,1H3,(H2,10,16)(H2,12,13,14,15). The Labute approximate surface area is 93.6 Å². The zero-order valence-electron chi connectivity index (χ0n) is 9.16. The van der Waals surface area contributed by atoms with E-state index in [2.05, 4.69) is 20.7 Å². The minimum Gasteiger partial charge on any atom is -0.368 e. The Kier molecular flexibility index (Phi) is 4.46. The maximum Gasteiger partial charge on any atom is 0.236 e. The molecule has 6 N–H and O–H groups in total. The number of hydrogen-bond donors (Lipinski definition) is 4. The Morgan fingerprint density at radius 2 is 2.12 bits per heavy atom. The summed E-state index contributed by atoms with van der Waals surface area (Å²) in [7, 11) is 0. The Bertz CT molecular complexity index is 367. The van der Waals surface area contributed by atoms with Gasteiger partial charge in [-0.05, 0) is 6.42 Å². The van der Waals surface area contributed by atoms with Crippen molar-refractivity contribution in [2.75, 3.05) is 17.3 Å². The Hall–Kier alpha value is -1.89. The number of nitrogens with two attached hydrogens (primary N) is 2. The summed E-state index contributed by atoms with van der Waals surface area (Å²) in [4.78, 5) is 18.7. The first-order valence-corrected chi connectivity index (χ1v) is 5.01. The molecule has 1 amide bonds. The van der Waals surface area contributed by atoms with E-state index >= 15 is 0 Å². The highest BCUT2D eigenvalue weighted by Crippen LogP contribution is 2.20. The summed E-state index contributed by atoms with van der Waals surface area (Å²) in [6.45, 7) is 2.07. The predicted molar refractivity (Wildman–Crippen MR) is 61.5 cm³/mol. The molecule has 0 aliphatic carbocycles. The van der Waals surface area contributed by atoms with Gasteiger partial charge in [0.25, 0.3) is 0 Å². The molecule has 1 heterocycles. The lowest BCUT2D eigenvalue weighted by Gasteiger charge is -2.12. The number of anilines is 2. The summed E-state index contributed by atoms with van der Waals surface area (Å²) < 4.78 is 0. The SMILES string of the molecule is CCCc1c(NN)ncnc1NCC(N)=O. The van der Waals surface area contributed by atoms with Gasteiger partial charge < -0.3 is 16.5 Å². The number of aromatic nitrogens is 2. The Balaban J connectivity index is 2.92. The topological polar surface area (TPSA) is 119 Å². The van der Waals surface area contributed by atoms with Gasteiger partial charge in [-0.3, -0.25) is 4.79 Å². The van der Waals surface area contributed by atoms with Gasteiger partial charge in [-0.1, -0.05) is 13.3 Å². The maximum atomic E-state index is 10.7. The lowest BCUT2D eigenvalue weighted by atomic mass is 10.1. The van der Waals surface area contributed by atoms with E-state index in [0.29, 0.717) is 11.6 Å². The number of nitrogens with zero attached hydrogens (tertiary/aromatic N) is 2. The van der Waals surface area contributed by atoms with Crippen LogP contribution in [0.15, 0.2) is 6.33 Å². The normalized spacial score (nSPS) is 9.88. The molecule has 0 radical (unpaired) electrons. The first kappa shape index (κ1) is 12.2. The fourth-order valence-corrected chi connectivity index (χ4v) is 1.35. The van der Waals surface area contributed by atoms with E-state index < -0.39 is 5.91 Å². The number of rotatable bonds is 6. The van der Waals surface area contributed by atoms with Crippen LogP contribution in [0.4, 0.5) is 11.6 Å². The van der Waals surface area contributed by atoms with Crippen LogP contribution in [0.2, 0.25) is 0 Å². The lowest BCUT2D eigenvalue weighted by Crippen LogP contribution is -2.23. The molecule has 0 unspecified atom stereocenters. The van der Waals surface area contributed by atoms with Gasteiger partial charge in [-0.2, -0.15) is 0 Å². The molecule has 0 atom stereocenters. The third kappa shape index (κ3) is 3.06. The number of nitrogen functional groups attached to an aromatic ring is 1. The molecule has 16 heavy (non-hydrogen) atoms. The monoisotopic (exact) mass is 224 g/mol. The third-order valence-electron chi connectivity index (χ3n) is 2.01. The zero-order chi connectivity index (χ0) is 12.0. The van der Waals surface area contributed by atoms with E-state index in [4.69, 9.17) is 11.6 Å². The average Bonchev–Trinajstić information content (AvgIpc) is 2.27. The molecular formula is C9H16N6O. The minimum atomic E-state index is -0.441. The van der Waals surface area contributed by atoms with Crippen LogP contribution < -0.4 is 22.3 Å². The second kappa shape index (κ2) is 5.86. The molecule has 7 heteroatoms. The molecule has 88 valence electrons. The first-order chi connectivity index (χ1) is 7.69. The molecule has 1 aromatic rings. The summed E-state index contributed by atoms with van der Waals surface area (Å²) in [6.07, 6.45) is 3.06. The van der Waals surface area contributed by atoms with Crippen LogP contribution in [0.25, 0.3) is 0 Å². The van der Waals surface area contributed by atoms with E-state index in [1.54, 1.807) is 0 Å². The Morgan fingerprint density at radius 3 is 2.69 bits per heavy atom. The largest absolute Gasteiger partial charge is 0.368 e. The van der Waals surface area contributed by atoms with E-state index in [-0.39, 0.29) is 6.54 Å². The smallest absolute Gasteiger partial charge is 0.236 e. The van der Waals surface area contributed by atoms with Crippen molar-refractivity contribution in [1.29, 1.82) is 0 Å². The zero-order valence-corrected chi connectivity index (χ0v) is 9.16. The molecule has 0 aliphatic heterocycles. The predicted octanol–water partition coefficient (Wildman–Crippen LogP) is -0.388. The van der Waals surface area contributed by atoms with Gasteiger partial charge >= 0.3 is 0 Å². The van der Waals surface area contributed by atoms with Crippen molar-refractivity contribution in [2.45, 2.75) is 19.8 Å². The highest BCUT2D eigenvalue weighted by molar-refractivity contribution is 5.79. The molecular weight excluding hydrogens is 208 g/mol. The van der Waals surface area contributed by atoms with E-state index in [9.17, 15) is 4.79 Å². The van der Waals surface area contributed by atoms with E-state index in [1.165, 1.54) is 6.33 Å². The molecule has 7 nitrogen and oxygen atoms in total. The second-order valence-electron chi connectivity index (χ2n) is 3.26. The fourth-order valence-electron chi connectivity index (χ4n) is 1.35. The summed E-state index contributed by atoms with van der Waals surface area (Å²) in [5.41, 5.74) is 8.41. The number of hydrogen-bond acceptors (Lipinski definition) is 6. The van der Waals surface area contributed by atoms with Gasteiger partial charge in [0.05, 0.1) is 6.54 Å². The quantitative estimate of drug-likeness (QED) is 0.386. The molecule has 1 rings (SSSR count). The van der Waals surface area contributed by atoms with Crippen LogP contribution in [0, 0.1) is 0 Å². The summed E-state index contributed by atoms with van der Waals surface area (Å²) in [5.74, 6) is 6.05. The number of primary amides is 1. The van der Waals surface area contributed by atoms with Crippen molar-refractivity contribution in [2.24, 2.45) is 11.6 Å². The number of amides is 1. The van der Waals surface area contributed by atoms with Crippen molar-refractivity contribution >= 4 is 17.5 Å². The fraction of sp³-hybridized carbons (Fsp3) is 0.444. The third-order valence-corrected chi connectivity index (χ3v) is 2.01. The second-order valence-corrected chi connectivity index (χ2v) is 3.26. The van der Waals surface area contributed by atoms with Crippen LogP contribution in [-0.2, 0) is 11.2 Å². The number of hydrazine groups is 1. The molecule has 0 spiro atoms. The number of nitrogens with one attached hydrogen (secondary N) is 2. The number of carbonyl (C=O) groups is 1. The highest BCUT2D eigenvalue weighted by Gasteiger charge is 2.09. The van der Waals surface area contributed by atoms with Gasteiger partial charge in [-0.15, -0.1) is 0 Å². The molecule has 0 bridgehead atoms. The minimum absolute atomic E-state index is 0.0394. The molecule has 0 saturated heterocycles. The summed E-state index contributed by atoms with van der Waals surface area (Å²) in [5, 5.41) is 2.85. The number of carbonyl (C=O) groups excluding carboxylic acids is 1. The van der Waals surface area contributed by atoms with E-state index in [0.717, 1.165) is 18.4 Å². The Morgan fingerprint density at radius 1 is 1.44 bits per heavy atom. The van der Waals surface area contributed by atoms with Crippen LogP contribution >= 0.6 is 0 Å². The average molecular weight is 224 g/mol. The van der Waals surface area contributed by atoms with Crippen molar-refractivity contribution in [3.05, 3.63) is 11.9 Å². The van der Waals surface area contributed by atoms with Gasteiger partial charge in [0.15, 0.2) is 0 Å². The molecule has 0 saturated carbocycles.